The van der Waals surface area contributed by atoms with Crippen LogP contribution in [-0.2, 0) is 57.0 Å². The number of rotatable bonds is 11. The highest BCUT2D eigenvalue weighted by molar-refractivity contribution is 5.84. The molecule has 3 N–H and O–H groups in total. The summed E-state index contributed by atoms with van der Waals surface area (Å²) >= 11 is 0. The summed E-state index contributed by atoms with van der Waals surface area (Å²) in [5.74, 6) is -5.31. The Kier molecular flexibility index (Phi) is 18.3. The van der Waals surface area contributed by atoms with E-state index in [9.17, 15) is 29.4 Å². The number of amides is 1. The first-order valence-electron chi connectivity index (χ1n) is 22.4. The first-order valence-corrected chi connectivity index (χ1v) is 22.4. The molecule has 18 nitrogen and oxygen atoms in total. The number of nitrogens with zero attached hydrogens (tertiary/aromatic N) is 2. The summed E-state index contributed by atoms with van der Waals surface area (Å²) < 4.78 is 57.2. The molecule has 0 aromatic carbocycles. The molecule has 4 heterocycles. The number of anilines is 1. The van der Waals surface area contributed by atoms with Crippen LogP contribution in [-0.4, -0.2) is 156 Å². The molecule has 0 aliphatic carbocycles. The predicted octanol–water partition coefficient (Wildman–Crippen LogP) is 4.66. The number of aliphatic hydroxyl groups excluding tert-OH is 1. The molecule has 3 fully saturated rings. The van der Waals surface area contributed by atoms with Crippen molar-refractivity contribution in [3.8, 4) is 0 Å². The first kappa shape index (κ1) is 53.3. The van der Waals surface area contributed by atoms with Crippen LogP contribution in [0.15, 0.2) is 24.5 Å². The fourth-order valence-electron chi connectivity index (χ4n) is 9.85. The Labute approximate surface area is 378 Å². The number of methoxy groups -OCH3 is 2. The maximum Gasteiger partial charge on any atom is 0.412 e. The van der Waals surface area contributed by atoms with E-state index in [-0.39, 0.29) is 25.0 Å². The van der Waals surface area contributed by atoms with Gasteiger partial charge in [-0.3, -0.25) is 29.6 Å². The number of esters is 2. The van der Waals surface area contributed by atoms with E-state index in [1.807, 2.05) is 32.8 Å². The highest BCUT2D eigenvalue weighted by Gasteiger charge is 2.55. The van der Waals surface area contributed by atoms with E-state index < -0.39 is 126 Å². The van der Waals surface area contributed by atoms with Crippen LogP contribution in [0.2, 0.25) is 0 Å². The number of Topliss-reactive ketones (excluding diaryl/α,β-unsaturated/α-hetero) is 1. The molecule has 64 heavy (non-hydrogen) atoms. The van der Waals surface area contributed by atoms with Crippen LogP contribution < -0.4 is 5.32 Å². The van der Waals surface area contributed by atoms with Gasteiger partial charge in [0.2, 0.25) is 0 Å². The van der Waals surface area contributed by atoms with E-state index in [2.05, 4.69) is 10.3 Å². The van der Waals surface area contributed by atoms with Crippen LogP contribution in [0.1, 0.15) is 102 Å². The van der Waals surface area contributed by atoms with Crippen molar-refractivity contribution in [2.24, 2.45) is 23.7 Å². The van der Waals surface area contributed by atoms with Crippen LogP contribution in [0, 0.1) is 23.7 Å². The van der Waals surface area contributed by atoms with E-state index >= 15 is 0 Å². The van der Waals surface area contributed by atoms with Crippen LogP contribution in [0.4, 0.5) is 10.5 Å². The lowest BCUT2D eigenvalue weighted by Gasteiger charge is -2.50. The van der Waals surface area contributed by atoms with Gasteiger partial charge in [-0.05, 0) is 80.6 Å². The number of pyridine rings is 1. The second-order valence-corrected chi connectivity index (χ2v) is 19.0. The number of ketones is 1. The van der Waals surface area contributed by atoms with E-state index in [1.54, 1.807) is 66.8 Å². The molecule has 18 atom stereocenters. The molecule has 1 aromatic heterocycles. The third-order valence-electron chi connectivity index (χ3n) is 13.6. The molecule has 1 amide bonds. The molecule has 0 bridgehead atoms. The number of aromatic nitrogens is 1. The maximum absolute atomic E-state index is 14.5. The minimum absolute atomic E-state index is 0.0599. The van der Waals surface area contributed by atoms with Crippen molar-refractivity contribution in [1.29, 1.82) is 0 Å². The van der Waals surface area contributed by atoms with Crippen LogP contribution >= 0.6 is 0 Å². The number of aliphatic hydroxyl groups is 2. The molecular formula is C46H75N3O15. The Balaban J connectivity index is 1.86. The van der Waals surface area contributed by atoms with Gasteiger partial charge in [-0.2, -0.15) is 0 Å². The van der Waals surface area contributed by atoms with Crippen molar-refractivity contribution in [3.05, 3.63) is 24.5 Å². The fraction of sp³-hybridized carbons (Fsp3) is 0.804. The number of nitrogens with one attached hydrogen (secondary N) is 1. The first-order chi connectivity index (χ1) is 29.8. The Morgan fingerprint density at radius 2 is 1.58 bits per heavy atom. The number of carbonyl (C=O) groups is 4. The second-order valence-electron chi connectivity index (χ2n) is 19.0. The third-order valence-corrected chi connectivity index (χ3v) is 13.6. The zero-order chi connectivity index (χ0) is 48.1. The lowest BCUT2D eigenvalue weighted by Crippen LogP contribution is -2.62. The van der Waals surface area contributed by atoms with Gasteiger partial charge in [0.25, 0.3) is 0 Å². The lowest BCUT2D eigenvalue weighted by molar-refractivity contribution is -0.316. The molecule has 18 heteroatoms. The van der Waals surface area contributed by atoms with Crippen molar-refractivity contribution in [2.75, 3.05) is 33.6 Å². The van der Waals surface area contributed by atoms with Gasteiger partial charge in [-0.15, -0.1) is 0 Å². The molecule has 0 unspecified atom stereocenters. The zero-order valence-corrected chi connectivity index (χ0v) is 40.4. The topological polar surface area (TPSA) is 220 Å². The Morgan fingerprint density at radius 3 is 2.14 bits per heavy atom. The molecule has 0 radical (unpaired) electrons. The van der Waals surface area contributed by atoms with Gasteiger partial charge in [0.1, 0.15) is 29.2 Å². The number of hydrogen-bond donors (Lipinski definition) is 3. The number of likely N-dealkylation sites (N-methyl/N-ethyl adjacent to an activating group) is 1. The van der Waals surface area contributed by atoms with Gasteiger partial charge in [-0.25, -0.2) is 4.79 Å². The normalized spacial score (nSPS) is 41.7. The van der Waals surface area contributed by atoms with E-state index in [0.29, 0.717) is 12.1 Å². The summed E-state index contributed by atoms with van der Waals surface area (Å²) in [5.41, 5.74) is -3.97. The third kappa shape index (κ3) is 12.2. The molecule has 0 saturated carbocycles. The zero-order valence-electron chi connectivity index (χ0n) is 40.4. The summed E-state index contributed by atoms with van der Waals surface area (Å²) in [6.07, 6.45) is -6.74. The van der Waals surface area contributed by atoms with Crippen molar-refractivity contribution in [3.63, 3.8) is 0 Å². The van der Waals surface area contributed by atoms with E-state index in [1.165, 1.54) is 34.3 Å². The SMILES string of the molecule is CC[C@H]1OC(=O)[C@H](C)[C@@H](O[C@@H]2C[C@@](C)(OC)[C@@H](OC(C)=O)[C@H](C)O2)[C@H](C)[C@@H](O[C@@H]2O[C@H](C)C[C@@H](OC(=O)Nc3cccnc3)[C@@H]2N(C)C)[C@@](C)(OC)C[C@@H](C)C(=O)[C@H](C)[C@@H](O)[C@]1(C)O. The summed E-state index contributed by atoms with van der Waals surface area (Å²) in [6, 6.07) is 2.71. The Hall–Kier alpha value is -3.33. The van der Waals surface area contributed by atoms with Crippen LogP contribution in [0.3, 0.4) is 0 Å². The summed E-state index contributed by atoms with van der Waals surface area (Å²) in [5, 5.41) is 26.1. The highest BCUT2D eigenvalue weighted by atomic mass is 16.7. The van der Waals surface area contributed by atoms with Crippen molar-refractivity contribution in [2.45, 2.75) is 186 Å². The molecule has 3 aliphatic rings. The van der Waals surface area contributed by atoms with E-state index in [0.717, 1.165) is 0 Å². The van der Waals surface area contributed by atoms with Gasteiger partial charge in [-0.1, -0.05) is 27.7 Å². The van der Waals surface area contributed by atoms with Gasteiger partial charge in [0, 0.05) is 57.9 Å². The monoisotopic (exact) mass is 910 g/mol. The number of ether oxygens (including phenoxy) is 9. The van der Waals surface area contributed by atoms with Crippen molar-refractivity contribution in [1.82, 2.24) is 9.88 Å². The molecule has 4 rings (SSSR count). The van der Waals surface area contributed by atoms with Crippen molar-refractivity contribution >= 4 is 29.5 Å². The highest BCUT2D eigenvalue weighted by Crippen LogP contribution is 2.42. The smallest absolute Gasteiger partial charge is 0.412 e. The molecule has 0 spiro atoms. The molecule has 3 aliphatic heterocycles. The van der Waals surface area contributed by atoms with Crippen LogP contribution in [0.5, 0.6) is 0 Å². The van der Waals surface area contributed by atoms with Gasteiger partial charge in [0.15, 0.2) is 18.7 Å². The Bertz CT molecular complexity index is 1720. The minimum atomic E-state index is -2.02. The second kappa shape index (κ2) is 22.0. The summed E-state index contributed by atoms with van der Waals surface area (Å²) in [4.78, 5) is 60.2. The standard InChI is InChI=1S/C46H75N3O15/c1-16-33-46(11,55)38(52)26(4)36(51)24(2)21-44(9,56-14)39(64-42-35(49(12)13)32(20-25(3)58-42)61-43(54)48-31-18-17-19-47-23-31)27(5)37(28(6)41(53)62-33)63-34-22-45(10,57-15)40(29(7)59-34)60-30(8)50/h17-19,23-29,32-35,37-40,42,52,55H,16,20-22H2,1-15H3,(H,48,54)/t24-,25-,26+,27+,28-,29+,32-,33-,34-,35+,37+,38-,39-,40+,42+,44+,45-,46-/m1/s1. The number of cyclic esters (lactones) is 1. The summed E-state index contributed by atoms with van der Waals surface area (Å²) in [7, 11) is 6.63. The van der Waals surface area contributed by atoms with Crippen molar-refractivity contribution < 1.29 is 72.0 Å². The van der Waals surface area contributed by atoms with Crippen LogP contribution in [0.25, 0.3) is 0 Å². The lowest BCUT2D eigenvalue weighted by atomic mass is 9.74. The van der Waals surface area contributed by atoms with Gasteiger partial charge >= 0.3 is 18.0 Å². The predicted molar refractivity (Wildman–Crippen MR) is 233 cm³/mol. The quantitative estimate of drug-likeness (QED) is 0.203. The molecular weight excluding hydrogens is 835 g/mol. The summed E-state index contributed by atoms with van der Waals surface area (Å²) in [6.45, 7) is 18.3. The van der Waals surface area contributed by atoms with E-state index in [4.69, 9.17) is 42.6 Å². The fourth-order valence-corrected chi connectivity index (χ4v) is 9.85. The molecule has 364 valence electrons. The maximum atomic E-state index is 14.5. The number of hydrogen-bond acceptors (Lipinski definition) is 17. The van der Waals surface area contributed by atoms with Gasteiger partial charge in [0.05, 0.1) is 60.0 Å². The van der Waals surface area contributed by atoms with Gasteiger partial charge < -0.3 is 52.8 Å². The molecule has 1 aromatic rings. The largest absolute Gasteiger partial charge is 0.459 e. The Morgan fingerprint density at radius 1 is 0.938 bits per heavy atom. The number of carbonyl (C=O) groups excluding carboxylic acids is 4. The minimum Gasteiger partial charge on any atom is -0.459 e. The molecule has 3 saturated heterocycles. The average Bonchev–Trinajstić information content (AvgIpc) is 3.23. The average molecular weight is 910 g/mol.